The molecule has 0 unspecified atom stereocenters. The van der Waals surface area contributed by atoms with Crippen LogP contribution in [0.15, 0.2) is 18.3 Å². The van der Waals surface area contributed by atoms with Gasteiger partial charge in [0.25, 0.3) is 0 Å². The first-order chi connectivity index (χ1) is 5.25. The van der Waals surface area contributed by atoms with E-state index in [2.05, 4.69) is 4.98 Å². The monoisotopic (exact) mass is 188 g/mol. The van der Waals surface area contributed by atoms with Gasteiger partial charge in [-0.25, -0.2) is 4.98 Å². The third-order valence-corrected chi connectivity index (χ3v) is 1.52. The Morgan fingerprint density at radius 3 is 2.67 bits per heavy atom. The summed E-state index contributed by atoms with van der Waals surface area (Å²) in [7, 11) is 0. The van der Waals surface area contributed by atoms with Gasteiger partial charge in [0.15, 0.2) is 0 Å². The van der Waals surface area contributed by atoms with Crippen molar-refractivity contribution < 1.29 is 0 Å². The molecule has 6 N–H and O–H groups in total. The Balaban J connectivity index is 0.00000121. The van der Waals surface area contributed by atoms with E-state index in [0.717, 1.165) is 5.56 Å². The van der Waals surface area contributed by atoms with Crippen LogP contribution in [0.5, 0.6) is 0 Å². The topological polar surface area (TPSA) is 91.0 Å². The highest BCUT2D eigenvalue weighted by molar-refractivity contribution is 5.85. The lowest BCUT2D eigenvalue weighted by atomic mass is 10.1. The number of rotatable bonds is 2. The Bertz CT molecular complexity index is 241. The molecule has 68 valence electrons. The van der Waals surface area contributed by atoms with Gasteiger partial charge in [0, 0.05) is 24.3 Å². The van der Waals surface area contributed by atoms with Gasteiger partial charge in [-0.15, -0.1) is 12.4 Å². The molecule has 0 aromatic carbocycles. The van der Waals surface area contributed by atoms with Gasteiger partial charge in [-0.2, -0.15) is 0 Å². The van der Waals surface area contributed by atoms with E-state index in [1.54, 1.807) is 12.3 Å². The van der Waals surface area contributed by atoms with Crippen LogP contribution in [0.2, 0.25) is 0 Å². The van der Waals surface area contributed by atoms with E-state index in [1.165, 1.54) is 0 Å². The molecule has 0 amide bonds. The molecule has 0 fully saturated rings. The first kappa shape index (κ1) is 11.2. The first-order valence-corrected chi connectivity index (χ1v) is 3.41. The standard InChI is InChI=1S/C7H12N4.ClH/c8-4-6(9)5-2-1-3-11-7(5)10;/h1-3,6H,4,8-9H2,(H2,10,11);1H/t6-;/m1./s1. The second kappa shape index (κ2) is 4.92. The van der Waals surface area contributed by atoms with Crippen LogP contribution in [0, 0.1) is 0 Å². The largest absolute Gasteiger partial charge is 0.383 e. The van der Waals surface area contributed by atoms with E-state index in [-0.39, 0.29) is 18.4 Å². The summed E-state index contributed by atoms with van der Waals surface area (Å²) in [4.78, 5) is 3.89. The van der Waals surface area contributed by atoms with Gasteiger partial charge in [0.1, 0.15) is 5.82 Å². The molecule has 0 spiro atoms. The fraction of sp³-hybridized carbons (Fsp3) is 0.286. The van der Waals surface area contributed by atoms with Crippen molar-refractivity contribution in [3.8, 4) is 0 Å². The van der Waals surface area contributed by atoms with Crippen LogP contribution in [0.25, 0.3) is 0 Å². The number of pyridine rings is 1. The summed E-state index contributed by atoms with van der Waals surface area (Å²) in [6.07, 6.45) is 1.63. The molecular formula is C7H13ClN4. The van der Waals surface area contributed by atoms with E-state index < -0.39 is 0 Å². The van der Waals surface area contributed by atoms with Crippen molar-refractivity contribution in [2.24, 2.45) is 11.5 Å². The van der Waals surface area contributed by atoms with Crippen LogP contribution >= 0.6 is 12.4 Å². The average Bonchev–Trinajstić information content (AvgIpc) is 2.04. The Labute approximate surface area is 77.6 Å². The molecular weight excluding hydrogens is 176 g/mol. The smallest absolute Gasteiger partial charge is 0.128 e. The van der Waals surface area contributed by atoms with Crippen molar-refractivity contribution >= 4 is 18.2 Å². The van der Waals surface area contributed by atoms with Gasteiger partial charge in [0.2, 0.25) is 0 Å². The van der Waals surface area contributed by atoms with Gasteiger partial charge in [-0.1, -0.05) is 6.07 Å². The first-order valence-electron chi connectivity index (χ1n) is 3.41. The van der Waals surface area contributed by atoms with Crippen molar-refractivity contribution in [3.63, 3.8) is 0 Å². The number of hydrogen-bond acceptors (Lipinski definition) is 4. The van der Waals surface area contributed by atoms with Crippen LogP contribution in [0.3, 0.4) is 0 Å². The molecule has 4 nitrogen and oxygen atoms in total. The van der Waals surface area contributed by atoms with Crippen LogP contribution in [0.1, 0.15) is 11.6 Å². The second-order valence-electron chi connectivity index (χ2n) is 2.32. The number of nitrogens with zero attached hydrogens (tertiary/aromatic N) is 1. The third-order valence-electron chi connectivity index (χ3n) is 1.52. The van der Waals surface area contributed by atoms with Crippen LogP contribution < -0.4 is 17.2 Å². The van der Waals surface area contributed by atoms with Gasteiger partial charge >= 0.3 is 0 Å². The zero-order valence-electron chi connectivity index (χ0n) is 6.60. The van der Waals surface area contributed by atoms with Crippen molar-refractivity contribution in [3.05, 3.63) is 23.9 Å². The Kier molecular flexibility index (Phi) is 4.58. The molecule has 1 aromatic heterocycles. The summed E-state index contributed by atoms with van der Waals surface area (Å²) in [5, 5.41) is 0. The van der Waals surface area contributed by atoms with Gasteiger partial charge in [-0.3, -0.25) is 0 Å². The van der Waals surface area contributed by atoms with Crippen molar-refractivity contribution in [1.29, 1.82) is 0 Å². The summed E-state index contributed by atoms with van der Waals surface area (Å²) < 4.78 is 0. The maximum absolute atomic E-state index is 5.65. The van der Waals surface area contributed by atoms with Crippen LogP contribution in [-0.4, -0.2) is 11.5 Å². The summed E-state index contributed by atoms with van der Waals surface area (Å²) in [6.45, 7) is 0.385. The van der Waals surface area contributed by atoms with Crippen molar-refractivity contribution in [2.45, 2.75) is 6.04 Å². The molecule has 0 saturated heterocycles. The molecule has 0 saturated carbocycles. The molecule has 1 rings (SSSR count). The predicted octanol–water partition coefficient (Wildman–Crippen LogP) is 0.0441. The molecule has 1 heterocycles. The zero-order chi connectivity index (χ0) is 8.27. The second-order valence-corrected chi connectivity index (χ2v) is 2.32. The SMILES string of the molecule is Cl.NC[C@@H](N)c1cccnc1N. The van der Waals surface area contributed by atoms with E-state index in [0.29, 0.717) is 12.4 Å². The van der Waals surface area contributed by atoms with Crippen molar-refractivity contribution in [2.75, 3.05) is 12.3 Å². The van der Waals surface area contributed by atoms with Crippen molar-refractivity contribution in [1.82, 2.24) is 4.98 Å². The molecule has 12 heavy (non-hydrogen) atoms. The Hall–Kier alpha value is -0.840. The lowest BCUT2D eigenvalue weighted by Gasteiger charge is -2.09. The molecule has 1 aromatic rings. The lowest BCUT2D eigenvalue weighted by Crippen LogP contribution is -2.22. The van der Waals surface area contributed by atoms with E-state index in [9.17, 15) is 0 Å². The van der Waals surface area contributed by atoms with E-state index >= 15 is 0 Å². The molecule has 1 atom stereocenters. The summed E-state index contributed by atoms with van der Waals surface area (Å²) in [5.74, 6) is 0.463. The minimum absolute atomic E-state index is 0. The van der Waals surface area contributed by atoms with Gasteiger partial charge < -0.3 is 17.2 Å². The number of nitrogens with two attached hydrogens (primary N) is 3. The highest BCUT2D eigenvalue weighted by Gasteiger charge is 2.06. The number of halogens is 1. The number of nitrogen functional groups attached to an aromatic ring is 1. The number of hydrogen-bond donors (Lipinski definition) is 3. The van der Waals surface area contributed by atoms with Gasteiger partial charge in [0.05, 0.1) is 0 Å². The Morgan fingerprint density at radius 2 is 2.17 bits per heavy atom. The van der Waals surface area contributed by atoms with E-state index in [1.807, 2.05) is 6.07 Å². The maximum atomic E-state index is 5.65. The number of aromatic nitrogens is 1. The minimum Gasteiger partial charge on any atom is -0.383 e. The molecule has 0 aliphatic carbocycles. The summed E-state index contributed by atoms with van der Waals surface area (Å²) >= 11 is 0. The fourth-order valence-corrected chi connectivity index (χ4v) is 0.870. The quantitative estimate of drug-likeness (QED) is 0.612. The lowest BCUT2D eigenvalue weighted by molar-refractivity contribution is 0.736. The molecule has 5 heteroatoms. The highest BCUT2D eigenvalue weighted by Crippen LogP contribution is 2.13. The molecule has 0 aliphatic rings. The molecule has 0 aliphatic heterocycles. The highest BCUT2D eigenvalue weighted by atomic mass is 35.5. The van der Waals surface area contributed by atoms with Gasteiger partial charge in [-0.05, 0) is 6.07 Å². The molecule has 0 bridgehead atoms. The average molecular weight is 189 g/mol. The minimum atomic E-state index is -0.205. The van der Waals surface area contributed by atoms with Crippen LogP contribution in [0.4, 0.5) is 5.82 Å². The van der Waals surface area contributed by atoms with E-state index in [4.69, 9.17) is 17.2 Å². The Morgan fingerprint density at radius 1 is 1.50 bits per heavy atom. The maximum Gasteiger partial charge on any atom is 0.128 e. The third kappa shape index (κ3) is 2.34. The predicted molar refractivity (Wildman–Crippen MR) is 51.9 cm³/mol. The number of anilines is 1. The normalized spacial score (nSPS) is 11.8. The summed E-state index contributed by atoms with van der Waals surface area (Å²) in [6, 6.07) is 3.42. The summed E-state index contributed by atoms with van der Waals surface area (Å²) in [5.41, 5.74) is 17.4. The van der Waals surface area contributed by atoms with Crippen LogP contribution in [-0.2, 0) is 0 Å². The fourth-order valence-electron chi connectivity index (χ4n) is 0.870. The zero-order valence-corrected chi connectivity index (χ0v) is 7.42. The molecule has 0 radical (unpaired) electrons.